The lowest BCUT2D eigenvalue weighted by Gasteiger charge is -2.14. The third-order valence-corrected chi connectivity index (χ3v) is 3.14. The molecule has 0 unspecified atom stereocenters. The van der Waals surface area contributed by atoms with Gasteiger partial charge in [-0.3, -0.25) is 0 Å². The zero-order valence-corrected chi connectivity index (χ0v) is 14.0. The van der Waals surface area contributed by atoms with Gasteiger partial charge in [0.05, 0.1) is 18.5 Å². The van der Waals surface area contributed by atoms with Crippen LogP contribution >= 0.6 is 11.6 Å². The van der Waals surface area contributed by atoms with Crippen molar-refractivity contribution in [3.05, 3.63) is 35.5 Å². The summed E-state index contributed by atoms with van der Waals surface area (Å²) in [6.07, 6.45) is -3.05. The van der Waals surface area contributed by atoms with E-state index < -0.39 is 12.8 Å². The highest BCUT2D eigenvalue weighted by molar-refractivity contribution is 6.32. The number of rotatable bonds is 8. The molecule has 0 radical (unpaired) electrons. The number of aromatic nitrogens is 2. The number of para-hydroxylation sites is 2. The molecule has 0 spiro atoms. The zero-order valence-electron chi connectivity index (χ0n) is 13.2. The van der Waals surface area contributed by atoms with Gasteiger partial charge in [0.25, 0.3) is 0 Å². The Bertz CT molecular complexity index is 701. The fraction of sp³-hybridized carbons (Fsp3) is 0.333. The molecule has 10 heteroatoms. The van der Waals surface area contributed by atoms with Crippen molar-refractivity contribution in [3.63, 3.8) is 0 Å². The first-order chi connectivity index (χ1) is 11.9. The smallest absolute Gasteiger partial charge is 0.422 e. The molecule has 25 heavy (non-hydrogen) atoms. The molecule has 0 bridgehead atoms. The highest BCUT2D eigenvalue weighted by Gasteiger charge is 2.28. The highest BCUT2D eigenvalue weighted by atomic mass is 35.5. The maximum atomic E-state index is 12.3. The van der Waals surface area contributed by atoms with Gasteiger partial charge in [-0.15, -0.1) is 0 Å². The second-order valence-corrected chi connectivity index (χ2v) is 5.24. The van der Waals surface area contributed by atoms with E-state index in [4.69, 9.17) is 21.1 Å². The van der Waals surface area contributed by atoms with E-state index in [-0.39, 0.29) is 11.7 Å². The van der Waals surface area contributed by atoms with Crippen molar-refractivity contribution >= 4 is 29.1 Å². The molecule has 0 aliphatic heterocycles. The summed E-state index contributed by atoms with van der Waals surface area (Å²) >= 11 is 6.00. The van der Waals surface area contributed by atoms with Crippen LogP contribution in [0.25, 0.3) is 0 Å². The number of halogens is 4. The molecule has 1 aromatic carbocycles. The maximum Gasteiger partial charge on any atom is 0.422 e. The Morgan fingerprint density at radius 1 is 1.24 bits per heavy atom. The van der Waals surface area contributed by atoms with Crippen LogP contribution in [0.1, 0.15) is 0 Å². The lowest BCUT2D eigenvalue weighted by atomic mass is 10.3. The lowest BCUT2D eigenvalue weighted by Crippen LogP contribution is -2.19. The van der Waals surface area contributed by atoms with Crippen LogP contribution in [0, 0.1) is 0 Å². The van der Waals surface area contributed by atoms with Crippen molar-refractivity contribution in [1.29, 1.82) is 0 Å². The molecule has 136 valence electrons. The zero-order chi connectivity index (χ0) is 18.3. The Morgan fingerprint density at radius 3 is 2.72 bits per heavy atom. The molecular weight excluding hydrogens is 361 g/mol. The summed E-state index contributed by atoms with van der Waals surface area (Å²) in [5.74, 6) is 0.574. The van der Waals surface area contributed by atoms with Crippen molar-refractivity contribution in [3.8, 4) is 5.75 Å². The molecule has 2 rings (SSSR count). The summed E-state index contributed by atoms with van der Waals surface area (Å²) in [6.45, 7) is -0.452. The van der Waals surface area contributed by atoms with Crippen LogP contribution in [0.4, 0.5) is 30.6 Å². The van der Waals surface area contributed by atoms with Crippen molar-refractivity contribution in [2.75, 3.05) is 37.5 Å². The molecule has 0 aliphatic carbocycles. The molecule has 1 heterocycles. The standard InChI is InChI=1S/C15H16ClF3N4O2/c1-24-7-6-20-13-10(16)8-21-14(23-13)22-11-4-2-3-5-12(11)25-9-15(17,18)19/h2-5,8H,6-7,9H2,1H3,(H2,20,21,22,23). The van der Waals surface area contributed by atoms with Gasteiger partial charge in [-0.1, -0.05) is 23.7 Å². The van der Waals surface area contributed by atoms with Crippen molar-refractivity contribution in [2.45, 2.75) is 6.18 Å². The molecule has 0 saturated carbocycles. The van der Waals surface area contributed by atoms with Crippen LogP contribution in [0.3, 0.4) is 0 Å². The van der Waals surface area contributed by atoms with Gasteiger partial charge >= 0.3 is 6.18 Å². The van der Waals surface area contributed by atoms with Crippen LogP contribution in [0.2, 0.25) is 5.02 Å². The van der Waals surface area contributed by atoms with E-state index in [1.807, 2.05) is 0 Å². The van der Waals surface area contributed by atoms with Crippen LogP contribution < -0.4 is 15.4 Å². The third kappa shape index (κ3) is 6.28. The summed E-state index contributed by atoms with van der Waals surface area (Å²) in [4.78, 5) is 8.20. The van der Waals surface area contributed by atoms with Crippen molar-refractivity contribution in [1.82, 2.24) is 9.97 Å². The van der Waals surface area contributed by atoms with Crippen LogP contribution in [-0.2, 0) is 4.74 Å². The average Bonchev–Trinajstić information content (AvgIpc) is 2.56. The largest absolute Gasteiger partial charge is 0.482 e. The minimum atomic E-state index is -4.43. The molecule has 0 aliphatic rings. The number of benzene rings is 1. The summed E-state index contributed by atoms with van der Waals surface area (Å²) in [6, 6.07) is 6.19. The second kappa shape index (κ2) is 8.72. The van der Waals surface area contributed by atoms with Crippen molar-refractivity contribution < 1.29 is 22.6 Å². The SMILES string of the molecule is COCCNc1nc(Nc2ccccc2OCC(F)(F)F)ncc1Cl. The van der Waals surface area contributed by atoms with Crippen LogP contribution in [-0.4, -0.2) is 43.0 Å². The van der Waals surface area contributed by atoms with Crippen molar-refractivity contribution in [2.24, 2.45) is 0 Å². The van der Waals surface area contributed by atoms with Gasteiger partial charge in [-0.05, 0) is 12.1 Å². The lowest BCUT2D eigenvalue weighted by molar-refractivity contribution is -0.153. The minimum absolute atomic E-state index is 0.0345. The quantitative estimate of drug-likeness (QED) is 0.682. The van der Waals surface area contributed by atoms with Gasteiger partial charge < -0.3 is 20.1 Å². The number of alkyl halides is 3. The van der Waals surface area contributed by atoms with E-state index in [1.165, 1.54) is 12.3 Å². The predicted octanol–water partition coefficient (Wildman–Crippen LogP) is 3.87. The molecule has 6 nitrogen and oxygen atoms in total. The minimum Gasteiger partial charge on any atom is -0.482 e. The number of methoxy groups -OCH3 is 1. The predicted molar refractivity (Wildman–Crippen MR) is 88.7 cm³/mol. The number of nitrogens with one attached hydrogen (secondary N) is 2. The summed E-state index contributed by atoms with van der Waals surface area (Å²) in [5.41, 5.74) is 0.303. The van der Waals surface area contributed by atoms with Gasteiger partial charge in [0.2, 0.25) is 5.95 Å². The monoisotopic (exact) mass is 376 g/mol. The Morgan fingerprint density at radius 2 is 2.00 bits per heavy atom. The molecule has 2 aromatic rings. The first-order valence-corrected chi connectivity index (χ1v) is 7.58. The Kier molecular flexibility index (Phi) is 6.65. The van der Waals surface area contributed by atoms with Gasteiger partial charge in [0.1, 0.15) is 10.8 Å². The maximum absolute atomic E-state index is 12.3. The molecule has 0 amide bonds. The van der Waals surface area contributed by atoms with Gasteiger partial charge in [0, 0.05) is 13.7 Å². The normalized spacial score (nSPS) is 11.2. The molecule has 2 N–H and O–H groups in total. The fourth-order valence-corrected chi connectivity index (χ4v) is 1.96. The summed E-state index contributed by atoms with van der Waals surface area (Å²) in [5, 5.41) is 6.10. The summed E-state index contributed by atoms with van der Waals surface area (Å²) in [7, 11) is 1.56. The molecule has 0 saturated heterocycles. The summed E-state index contributed by atoms with van der Waals surface area (Å²) < 4.78 is 46.8. The number of hydrogen-bond acceptors (Lipinski definition) is 6. The number of nitrogens with zero attached hydrogens (tertiary/aromatic N) is 2. The third-order valence-electron chi connectivity index (χ3n) is 2.87. The van der Waals surface area contributed by atoms with Crippen LogP contribution in [0.15, 0.2) is 30.5 Å². The number of ether oxygens (including phenoxy) is 2. The Hall–Kier alpha value is -2.26. The van der Waals surface area contributed by atoms with Crippen LogP contribution in [0.5, 0.6) is 5.75 Å². The van der Waals surface area contributed by atoms with Gasteiger partial charge in [0.15, 0.2) is 12.4 Å². The average molecular weight is 377 g/mol. The van der Waals surface area contributed by atoms with Gasteiger partial charge in [-0.25, -0.2) is 4.98 Å². The first kappa shape index (κ1) is 19.1. The number of anilines is 3. The van der Waals surface area contributed by atoms with E-state index in [0.29, 0.717) is 29.7 Å². The Labute approximate surface area is 147 Å². The Balaban J connectivity index is 2.12. The van der Waals surface area contributed by atoms with E-state index in [9.17, 15) is 13.2 Å². The van der Waals surface area contributed by atoms with E-state index >= 15 is 0 Å². The molecule has 1 aromatic heterocycles. The molecule has 0 atom stereocenters. The van der Waals surface area contributed by atoms with E-state index in [1.54, 1.807) is 25.3 Å². The van der Waals surface area contributed by atoms with E-state index in [2.05, 4.69) is 20.6 Å². The first-order valence-electron chi connectivity index (χ1n) is 7.20. The molecule has 0 fully saturated rings. The topological polar surface area (TPSA) is 68.3 Å². The van der Waals surface area contributed by atoms with E-state index in [0.717, 1.165) is 0 Å². The second-order valence-electron chi connectivity index (χ2n) is 4.83. The van der Waals surface area contributed by atoms with Gasteiger partial charge in [-0.2, -0.15) is 18.2 Å². The fourth-order valence-electron chi connectivity index (χ4n) is 1.80. The molecular formula is C15H16ClF3N4O2. The highest BCUT2D eigenvalue weighted by Crippen LogP contribution is 2.29. The number of hydrogen-bond donors (Lipinski definition) is 2.